The van der Waals surface area contributed by atoms with Crippen molar-refractivity contribution in [1.82, 2.24) is 35.2 Å². The molecule has 0 spiro atoms. The molecule has 156 valence electrons. The summed E-state index contributed by atoms with van der Waals surface area (Å²) >= 11 is 0. The molecule has 4 rings (SSSR count). The van der Waals surface area contributed by atoms with Gasteiger partial charge < -0.3 is 15.2 Å². The summed E-state index contributed by atoms with van der Waals surface area (Å²) in [5.74, 6) is -0.189. The summed E-state index contributed by atoms with van der Waals surface area (Å²) in [5, 5.41) is 14.6. The number of amides is 1. The average molecular weight is 438 g/mol. The first-order valence-electron chi connectivity index (χ1n) is 9.20. The molecule has 1 aromatic carbocycles. The number of nitrogens with one attached hydrogen (secondary N) is 2. The van der Waals surface area contributed by atoms with Gasteiger partial charge in [-0.1, -0.05) is 17.3 Å². The van der Waals surface area contributed by atoms with E-state index in [4.69, 9.17) is 0 Å². The van der Waals surface area contributed by atoms with Gasteiger partial charge in [0.05, 0.1) is 18.1 Å². The Hall–Kier alpha value is -2.42. The van der Waals surface area contributed by atoms with Crippen LogP contribution in [0.25, 0.3) is 5.69 Å². The van der Waals surface area contributed by atoms with Gasteiger partial charge in [0.25, 0.3) is 5.91 Å². The molecule has 1 saturated heterocycles. The summed E-state index contributed by atoms with van der Waals surface area (Å²) in [6.07, 6.45) is 7.41. The van der Waals surface area contributed by atoms with E-state index in [1.807, 2.05) is 46.6 Å². The number of aromatic nitrogens is 5. The van der Waals surface area contributed by atoms with Gasteiger partial charge >= 0.3 is 0 Å². The van der Waals surface area contributed by atoms with Crippen LogP contribution in [0.5, 0.6) is 0 Å². The Morgan fingerprint density at radius 1 is 1.21 bits per heavy atom. The van der Waals surface area contributed by atoms with E-state index in [-0.39, 0.29) is 30.7 Å². The van der Waals surface area contributed by atoms with Crippen molar-refractivity contribution < 1.29 is 4.79 Å². The molecule has 0 saturated carbocycles. The van der Waals surface area contributed by atoms with Crippen LogP contribution in [-0.4, -0.2) is 43.5 Å². The molecule has 1 fully saturated rings. The van der Waals surface area contributed by atoms with Gasteiger partial charge in [0, 0.05) is 24.6 Å². The molecule has 2 aromatic heterocycles. The molecule has 1 amide bonds. The molecule has 29 heavy (non-hydrogen) atoms. The maximum Gasteiger partial charge on any atom is 0.274 e. The SMILES string of the molecule is Cc1c(C(=O)NCc2ccc(-n3ccnc3)cc2)nnn1C1CCNCC1.Cl.Cl. The monoisotopic (exact) mass is 437 g/mol. The predicted octanol–water partition coefficient (Wildman–Crippen LogP) is 2.47. The zero-order chi connectivity index (χ0) is 18.6. The van der Waals surface area contributed by atoms with Gasteiger partial charge in [-0.05, 0) is 50.6 Å². The fourth-order valence-corrected chi connectivity index (χ4v) is 3.41. The largest absolute Gasteiger partial charge is 0.347 e. The molecular weight excluding hydrogens is 413 g/mol. The lowest BCUT2D eigenvalue weighted by atomic mass is 10.1. The summed E-state index contributed by atoms with van der Waals surface area (Å²) in [6.45, 7) is 4.31. The Morgan fingerprint density at radius 2 is 1.93 bits per heavy atom. The van der Waals surface area contributed by atoms with Crippen molar-refractivity contribution in [3.8, 4) is 5.69 Å². The quantitative estimate of drug-likeness (QED) is 0.639. The summed E-state index contributed by atoms with van der Waals surface area (Å²) in [5.41, 5.74) is 3.29. The number of nitrogens with zero attached hydrogens (tertiary/aromatic N) is 5. The fourth-order valence-electron chi connectivity index (χ4n) is 3.41. The molecule has 0 radical (unpaired) electrons. The maximum absolute atomic E-state index is 12.5. The van der Waals surface area contributed by atoms with E-state index in [0.717, 1.165) is 42.9 Å². The second-order valence-electron chi connectivity index (χ2n) is 6.77. The van der Waals surface area contributed by atoms with Crippen molar-refractivity contribution in [3.63, 3.8) is 0 Å². The third-order valence-corrected chi connectivity index (χ3v) is 4.99. The van der Waals surface area contributed by atoms with Gasteiger partial charge in [-0.15, -0.1) is 29.9 Å². The first-order valence-corrected chi connectivity index (χ1v) is 9.20. The summed E-state index contributed by atoms with van der Waals surface area (Å²) < 4.78 is 3.83. The van der Waals surface area contributed by atoms with Crippen molar-refractivity contribution in [2.45, 2.75) is 32.4 Å². The molecule has 0 bridgehead atoms. The second-order valence-corrected chi connectivity index (χ2v) is 6.77. The van der Waals surface area contributed by atoms with Crippen LogP contribution in [0.15, 0.2) is 43.0 Å². The Labute approximate surface area is 181 Å². The average Bonchev–Trinajstić information content (AvgIpc) is 3.37. The van der Waals surface area contributed by atoms with Crippen LogP contribution in [0.2, 0.25) is 0 Å². The lowest BCUT2D eigenvalue weighted by molar-refractivity contribution is 0.0945. The Morgan fingerprint density at radius 3 is 2.59 bits per heavy atom. The highest BCUT2D eigenvalue weighted by Gasteiger charge is 2.22. The molecule has 3 aromatic rings. The lowest BCUT2D eigenvalue weighted by Gasteiger charge is -2.23. The first-order chi connectivity index (χ1) is 13.2. The minimum atomic E-state index is -0.189. The van der Waals surface area contributed by atoms with E-state index in [2.05, 4.69) is 25.9 Å². The topological polar surface area (TPSA) is 89.7 Å². The smallest absolute Gasteiger partial charge is 0.274 e. The predicted molar refractivity (Wildman–Crippen MR) is 115 cm³/mol. The zero-order valence-corrected chi connectivity index (χ0v) is 17.7. The summed E-state index contributed by atoms with van der Waals surface area (Å²) in [6, 6.07) is 8.31. The number of rotatable bonds is 5. The van der Waals surface area contributed by atoms with Gasteiger partial charge in [0.2, 0.25) is 0 Å². The molecule has 1 aliphatic heterocycles. The number of imidazole rings is 1. The molecule has 10 heteroatoms. The van der Waals surface area contributed by atoms with Crippen LogP contribution in [0, 0.1) is 6.92 Å². The third-order valence-electron chi connectivity index (χ3n) is 4.99. The van der Waals surface area contributed by atoms with Crippen molar-refractivity contribution in [1.29, 1.82) is 0 Å². The third kappa shape index (κ3) is 5.14. The van der Waals surface area contributed by atoms with Crippen molar-refractivity contribution in [3.05, 3.63) is 59.9 Å². The van der Waals surface area contributed by atoms with Crippen LogP contribution in [0.1, 0.15) is 40.6 Å². The van der Waals surface area contributed by atoms with Gasteiger partial charge in [0.1, 0.15) is 0 Å². The number of carbonyl (C=O) groups excluding carboxylic acids is 1. The molecule has 2 N–H and O–H groups in total. The minimum Gasteiger partial charge on any atom is -0.347 e. The van der Waals surface area contributed by atoms with E-state index in [1.165, 1.54) is 0 Å². The highest BCUT2D eigenvalue weighted by atomic mass is 35.5. The van der Waals surface area contributed by atoms with Gasteiger partial charge in [0.15, 0.2) is 5.69 Å². The molecule has 3 heterocycles. The lowest BCUT2D eigenvalue weighted by Crippen LogP contribution is -2.30. The summed E-state index contributed by atoms with van der Waals surface area (Å²) in [7, 11) is 0. The number of benzene rings is 1. The van der Waals surface area contributed by atoms with Crippen LogP contribution in [0.3, 0.4) is 0 Å². The standard InChI is InChI=1S/C19H23N7O.2ClH/c1-14-18(23-24-26(14)17-6-8-20-9-7-17)19(27)22-12-15-2-4-16(5-3-15)25-11-10-21-13-25;;/h2-5,10-11,13,17,20H,6-9,12H2,1H3,(H,22,27);2*1H. The van der Waals surface area contributed by atoms with Crippen molar-refractivity contribution in [2.24, 2.45) is 0 Å². The Balaban J connectivity index is 0.00000150. The van der Waals surface area contributed by atoms with Gasteiger partial charge in [-0.3, -0.25) is 4.79 Å². The van der Waals surface area contributed by atoms with Crippen LogP contribution in [-0.2, 0) is 6.54 Å². The highest BCUT2D eigenvalue weighted by molar-refractivity contribution is 5.93. The van der Waals surface area contributed by atoms with Gasteiger partial charge in [-0.2, -0.15) is 0 Å². The fraction of sp³-hybridized carbons (Fsp3) is 0.368. The number of halogens is 2. The number of piperidine rings is 1. The Bertz CT molecular complexity index is 903. The van der Waals surface area contributed by atoms with E-state index in [1.54, 1.807) is 12.5 Å². The first kappa shape index (κ1) is 22.9. The normalized spacial score (nSPS) is 14.0. The highest BCUT2D eigenvalue weighted by Crippen LogP contribution is 2.20. The minimum absolute atomic E-state index is 0. The molecular formula is C19H25Cl2N7O. The van der Waals surface area contributed by atoms with E-state index >= 15 is 0 Å². The van der Waals surface area contributed by atoms with Gasteiger partial charge in [-0.25, -0.2) is 9.67 Å². The molecule has 0 atom stereocenters. The number of hydrogen-bond acceptors (Lipinski definition) is 5. The molecule has 8 nitrogen and oxygen atoms in total. The van der Waals surface area contributed by atoms with Crippen LogP contribution in [0.4, 0.5) is 0 Å². The molecule has 0 aliphatic carbocycles. The van der Waals surface area contributed by atoms with Crippen LogP contribution < -0.4 is 10.6 Å². The maximum atomic E-state index is 12.5. The zero-order valence-electron chi connectivity index (χ0n) is 16.1. The van der Waals surface area contributed by atoms with E-state index in [0.29, 0.717) is 18.3 Å². The van der Waals surface area contributed by atoms with Crippen LogP contribution >= 0.6 is 24.8 Å². The Kier molecular flexibility index (Phi) is 8.19. The number of hydrogen-bond donors (Lipinski definition) is 2. The van der Waals surface area contributed by atoms with E-state index in [9.17, 15) is 4.79 Å². The summed E-state index contributed by atoms with van der Waals surface area (Å²) in [4.78, 5) is 16.6. The van der Waals surface area contributed by atoms with Crippen molar-refractivity contribution in [2.75, 3.05) is 13.1 Å². The van der Waals surface area contributed by atoms with Crippen molar-refractivity contribution >= 4 is 30.7 Å². The second kappa shape index (κ2) is 10.4. The van der Waals surface area contributed by atoms with E-state index < -0.39 is 0 Å². The molecule has 1 aliphatic rings. The molecule has 0 unspecified atom stereocenters. The number of carbonyl (C=O) groups is 1.